The van der Waals surface area contributed by atoms with Crippen molar-refractivity contribution in [3.05, 3.63) is 12.1 Å². The number of anilines is 1. The number of hydrogen-bond donors (Lipinski definition) is 2. The van der Waals surface area contributed by atoms with Crippen LogP contribution in [-0.2, 0) is 4.79 Å². The molecular formula is C13H20N2O4S. The Hall–Kier alpha value is -1.60. The Labute approximate surface area is 123 Å². The molecule has 3 N–H and O–H groups in total. The Morgan fingerprint density at radius 1 is 1.20 bits per heavy atom. The number of thioether (sulfide) groups is 1. The summed E-state index contributed by atoms with van der Waals surface area (Å²) in [5.41, 5.74) is 5.97. The Morgan fingerprint density at radius 2 is 1.80 bits per heavy atom. The second-order valence-electron chi connectivity index (χ2n) is 3.80. The van der Waals surface area contributed by atoms with Crippen molar-refractivity contribution in [1.82, 2.24) is 0 Å². The molecule has 0 bridgehead atoms. The third kappa shape index (κ3) is 4.50. The smallest absolute Gasteiger partial charge is 0.234 e. The first-order valence-corrected chi connectivity index (χ1v) is 7.19. The van der Waals surface area contributed by atoms with Gasteiger partial charge < -0.3 is 25.3 Å². The van der Waals surface area contributed by atoms with Crippen molar-refractivity contribution in [3.8, 4) is 17.2 Å². The molecule has 0 aliphatic carbocycles. The van der Waals surface area contributed by atoms with Crippen molar-refractivity contribution in [2.45, 2.75) is 0 Å². The van der Waals surface area contributed by atoms with Gasteiger partial charge in [0.05, 0.1) is 27.1 Å². The lowest BCUT2D eigenvalue weighted by molar-refractivity contribution is -0.113. The van der Waals surface area contributed by atoms with Crippen molar-refractivity contribution in [2.75, 3.05) is 44.7 Å². The number of ether oxygens (including phenoxy) is 3. The highest BCUT2D eigenvalue weighted by Gasteiger charge is 2.14. The van der Waals surface area contributed by atoms with Gasteiger partial charge in [-0.1, -0.05) is 0 Å². The van der Waals surface area contributed by atoms with Gasteiger partial charge in [0.15, 0.2) is 11.5 Å². The van der Waals surface area contributed by atoms with Crippen LogP contribution in [-0.4, -0.2) is 45.3 Å². The van der Waals surface area contributed by atoms with Gasteiger partial charge in [0.25, 0.3) is 0 Å². The molecule has 1 aromatic carbocycles. The van der Waals surface area contributed by atoms with Crippen LogP contribution in [0.2, 0.25) is 0 Å². The number of nitrogens with two attached hydrogens (primary N) is 1. The van der Waals surface area contributed by atoms with E-state index in [-0.39, 0.29) is 5.91 Å². The number of amides is 1. The predicted molar refractivity (Wildman–Crippen MR) is 81.1 cm³/mol. The van der Waals surface area contributed by atoms with Crippen molar-refractivity contribution in [3.63, 3.8) is 0 Å². The Kier molecular flexibility index (Phi) is 7.03. The SMILES string of the molecule is COc1cc(NC(=O)CSCCN)cc(OC)c1OC. The zero-order valence-electron chi connectivity index (χ0n) is 11.9. The molecule has 0 atom stereocenters. The number of rotatable bonds is 8. The van der Waals surface area contributed by atoms with Crippen LogP contribution in [0.4, 0.5) is 5.69 Å². The molecule has 0 spiro atoms. The van der Waals surface area contributed by atoms with Gasteiger partial charge in [-0.15, -0.1) is 0 Å². The first-order chi connectivity index (χ1) is 9.65. The molecule has 1 rings (SSSR count). The van der Waals surface area contributed by atoms with E-state index in [1.54, 1.807) is 12.1 Å². The van der Waals surface area contributed by atoms with Gasteiger partial charge in [-0.25, -0.2) is 0 Å². The van der Waals surface area contributed by atoms with E-state index in [9.17, 15) is 4.79 Å². The predicted octanol–water partition coefficient (Wildman–Crippen LogP) is 1.34. The lowest BCUT2D eigenvalue weighted by atomic mass is 10.2. The van der Waals surface area contributed by atoms with Crippen LogP contribution < -0.4 is 25.3 Å². The standard InChI is InChI=1S/C13H20N2O4S/c1-17-10-6-9(7-11(18-2)13(10)19-3)15-12(16)8-20-5-4-14/h6-7H,4-5,8,14H2,1-3H3,(H,15,16). The van der Waals surface area contributed by atoms with E-state index in [1.807, 2.05) is 0 Å². The minimum absolute atomic E-state index is 0.0993. The average Bonchev–Trinajstić information content (AvgIpc) is 2.46. The summed E-state index contributed by atoms with van der Waals surface area (Å²) in [5, 5.41) is 2.79. The summed E-state index contributed by atoms with van der Waals surface area (Å²) in [4.78, 5) is 11.8. The normalized spacial score (nSPS) is 10.0. The third-order valence-corrected chi connectivity index (χ3v) is 3.43. The number of carbonyl (C=O) groups excluding carboxylic acids is 1. The third-order valence-electron chi connectivity index (χ3n) is 2.44. The Bertz CT molecular complexity index is 429. The van der Waals surface area contributed by atoms with Crippen LogP contribution in [0.1, 0.15) is 0 Å². The molecule has 0 fully saturated rings. The van der Waals surface area contributed by atoms with E-state index in [0.29, 0.717) is 35.2 Å². The highest BCUT2D eigenvalue weighted by atomic mass is 32.2. The molecule has 0 aromatic heterocycles. The van der Waals surface area contributed by atoms with Gasteiger partial charge in [-0.05, 0) is 0 Å². The summed E-state index contributed by atoms with van der Waals surface area (Å²) in [6, 6.07) is 3.37. The lowest BCUT2D eigenvalue weighted by Gasteiger charge is -2.14. The number of methoxy groups -OCH3 is 3. The fourth-order valence-electron chi connectivity index (χ4n) is 1.60. The van der Waals surface area contributed by atoms with E-state index in [1.165, 1.54) is 33.1 Å². The molecule has 0 aliphatic rings. The zero-order chi connectivity index (χ0) is 15.0. The van der Waals surface area contributed by atoms with Crippen LogP contribution in [0.25, 0.3) is 0 Å². The molecule has 0 heterocycles. The summed E-state index contributed by atoms with van der Waals surface area (Å²) >= 11 is 1.48. The molecule has 0 radical (unpaired) electrons. The van der Waals surface area contributed by atoms with E-state index in [4.69, 9.17) is 19.9 Å². The van der Waals surface area contributed by atoms with Crippen LogP contribution >= 0.6 is 11.8 Å². The molecule has 20 heavy (non-hydrogen) atoms. The number of nitrogens with one attached hydrogen (secondary N) is 1. The van der Waals surface area contributed by atoms with Gasteiger partial charge in [0, 0.05) is 30.1 Å². The molecule has 112 valence electrons. The lowest BCUT2D eigenvalue weighted by Crippen LogP contribution is -2.15. The topological polar surface area (TPSA) is 82.8 Å². The van der Waals surface area contributed by atoms with Crippen LogP contribution in [0.15, 0.2) is 12.1 Å². The van der Waals surface area contributed by atoms with Crippen molar-refractivity contribution in [1.29, 1.82) is 0 Å². The molecule has 0 saturated heterocycles. The quantitative estimate of drug-likeness (QED) is 0.705. The molecule has 1 aromatic rings. The zero-order valence-corrected chi connectivity index (χ0v) is 12.7. The Morgan fingerprint density at radius 3 is 2.25 bits per heavy atom. The van der Waals surface area contributed by atoms with Crippen molar-refractivity contribution in [2.24, 2.45) is 5.73 Å². The number of hydrogen-bond acceptors (Lipinski definition) is 6. The maximum absolute atomic E-state index is 11.8. The first kappa shape index (κ1) is 16.5. The van der Waals surface area contributed by atoms with Crippen LogP contribution in [0, 0.1) is 0 Å². The summed E-state index contributed by atoms with van der Waals surface area (Å²) in [6.45, 7) is 0.558. The Balaban J connectivity index is 2.82. The summed E-state index contributed by atoms with van der Waals surface area (Å²) in [5.74, 6) is 2.49. The molecule has 7 heteroatoms. The fourth-order valence-corrected chi connectivity index (χ4v) is 2.17. The molecule has 0 unspecified atom stereocenters. The second-order valence-corrected chi connectivity index (χ2v) is 4.91. The molecule has 6 nitrogen and oxygen atoms in total. The van der Waals surface area contributed by atoms with E-state index >= 15 is 0 Å². The van der Waals surface area contributed by atoms with Gasteiger partial charge in [-0.2, -0.15) is 11.8 Å². The van der Waals surface area contributed by atoms with Gasteiger partial charge in [0.2, 0.25) is 11.7 Å². The van der Waals surface area contributed by atoms with E-state index < -0.39 is 0 Å². The summed E-state index contributed by atoms with van der Waals surface area (Å²) < 4.78 is 15.7. The maximum atomic E-state index is 11.8. The summed E-state index contributed by atoms with van der Waals surface area (Å²) in [6.07, 6.45) is 0. The summed E-state index contributed by atoms with van der Waals surface area (Å²) in [7, 11) is 4.59. The number of carbonyl (C=O) groups is 1. The second kappa shape index (κ2) is 8.55. The number of benzene rings is 1. The highest BCUT2D eigenvalue weighted by Crippen LogP contribution is 2.39. The van der Waals surface area contributed by atoms with Crippen LogP contribution in [0.3, 0.4) is 0 Å². The van der Waals surface area contributed by atoms with E-state index in [2.05, 4.69) is 5.32 Å². The van der Waals surface area contributed by atoms with Crippen LogP contribution in [0.5, 0.6) is 17.2 Å². The molecule has 0 saturated carbocycles. The molecule has 1 amide bonds. The van der Waals surface area contributed by atoms with Crippen molar-refractivity contribution >= 4 is 23.4 Å². The van der Waals surface area contributed by atoms with Gasteiger partial charge in [0.1, 0.15) is 0 Å². The minimum atomic E-state index is -0.0993. The fraction of sp³-hybridized carbons (Fsp3) is 0.462. The average molecular weight is 300 g/mol. The molecular weight excluding hydrogens is 280 g/mol. The first-order valence-electron chi connectivity index (χ1n) is 6.04. The highest BCUT2D eigenvalue weighted by molar-refractivity contribution is 7.99. The van der Waals surface area contributed by atoms with E-state index in [0.717, 1.165) is 5.75 Å². The van der Waals surface area contributed by atoms with Gasteiger partial charge >= 0.3 is 0 Å². The van der Waals surface area contributed by atoms with Gasteiger partial charge in [-0.3, -0.25) is 4.79 Å². The largest absolute Gasteiger partial charge is 0.493 e. The minimum Gasteiger partial charge on any atom is -0.493 e. The maximum Gasteiger partial charge on any atom is 0.234 e. The molecule has 0 aliphatic heterocycles. The van der Waals surface area contributed by atoms with Crippen molar-refractivity contribution < 1.29 is 19.0 Å². The monoisotopic (exact) mass is 300 g/mol.